The van der Waals surface area contributed by atoms with Crippen molar-refractivity contribution in [2.45, 2.75) is 159 Å². The number of hydrogen-bond donors (Lipinski definition) is 8. The number of nitrogens with one attached hydrogen (secondary N) is 4. The van der Waals surface area contributed by atoms with Gasteiger partial charge in [-0.1, -0.05) is 77.0 Å². The molecular formula is C39H65N4O15. The third-order valence-electron chi connectivity index (χ3n) is 8.93. The molecule has 3 atom stereocenters. The van der Waals surface area contributed by atoms with Crippen molar-refractivity contribution >= 4 is 53.8 Å². The van der Waals surface area contributed by atoms with Gasteiger partial charge in [-0.2, -0.15) is 0 Å². The molecule has 331 valence electrons. The Bertz CT molecular complexity index is 1250. The van der Waals surface area contributed by atoms with Crippen molar-refractivity contribution in [3.05, 3.63) is 0 Å². The first-order valence-corrected chi connectivity index (χ1v) is 20.3. The van der Waals surface area contributed by atoms with Gasteiger partial charge in [0.15, 0.2) is 0 Å². The van der Waals surface area contributed by atoms with E-state index in [4.69, 9.17) is 19.7 Å². The predicted molar refractivity (Wildman–Crippen MR) is 208 cm³/mol. The topological polar surface area (TPSA) is 301 Å². The van der Waals surface area contributed by atoms with Gasteiger partial charge in [0.2, 0.25) is 29.9 Å². The minimum absolute atomic E-state index is 0.0377. The van der Waals surface area contributed by atoms with E-state index in [1.165, 1.54) is 38.4 Å². The van der Waals surface area contributed by atoms with Gasteiger partial charge in [0.05, 0.1) is 25.9 Å². The van der Waals surface area contributed by atoms with Crippen LogP contribution in [0.25, 0.3) is 0 Å². The van der Waals surface area contributed by atoms with Gasteiger partial charge in [-0.05, 0) is 32.1 Å². The fraction of sp³-hybridized carbons (Fsp3) is 0.769. The van der Waals surface area contributed by atoms with Crippen LogP contribution in [0.15, 0.2) is 0 Å². The van der Waals surface area contributed by atoms with E-state index >= 15 is 0 Å². The first-order chi connectivity index (χ1) is 27.7. The van der Waals surface area contributed by atoms with Crippen LogP contribution in [0.2, 0.25) is 0 Å². The second kappa shape index (κ2) is 35.5. The van der Waals surface area contributed by atoms with Gasteiger partial charge in [0, 0.05) is 38.6 Å². The van der Waals surface area contributed by atoms with Crippen molar-refractivity contribution < 1.29 is 73.1 Å². The smallest absolute Gasteiger partial charge is 0.326 e. The lowest BCUT2D eigenvalue weighted by Gasteiger charge is -2.16. The maximum absolute atomic E-state index is 12.3. The highest BCUT2D eigenvalue weighted by molar-refractivity contribution is 5.86. The van der Waals surface area contributed by atoms with Crippen molar-refractivity contribution in [3.63, 3.8) is 0 Å². The monoisotopic (exact) mass is 829 g/mol. The van der Waals surface area contributed by atoms with Gasteiger partial charge < -0.3 is 51.2 Å². The molecule has 0 aliphatic heterocycles. The minimum Gasteiger partial charge on any atom is -0.481 e. The largest absolute Gasteiger partial charge is 0.481 e. The molecule has 0 rings (SSSR count). The standard InChI is InChI=1S/C39H65N4O15/c44-27-29(17-22-37(51)52)41-34(47)21-19-31(39(55)56)43-35(48)28-58-26-25-57-24-23-40-32(45)20-18-30(38(53)54)42-33(46)15-13-11-9-7-5-3-1-2-4-6-8-10-12-14-16-36(49)50/h29-31H,1-26,28H2,(H,40,45)(H,41,47)(H,42,46)(H,43,48)(H,49,50)(H,51,52)(H,53,54)(H,55,56)/t29-,30-,31-/m0/s1. The SMILES string of the molecule is O=[C][C@H](CCC(=O)O)NC(=O)CC[C@H](NC(=O)COCCOCCNC(=O)CC[C@H](NC(=O)CCCCCCCCCCCCCCCCC(=O)O)C(=O)O)C(=O)O. The van der Waals surface area contributed by atoms with Crippen LogP contribution in [-0.2, 0) is 52.6 Å². The van der Waals surface area contributed by atoms with Gasteiger partial charge in [-0.25, -0.2) is 9.59 Å². The second-order valence-corrected chi connectivity index (χ2v) is 14.0. The molecule has 0 spiro atoms. The predicted octanol–water partition coefficient (Wildman–Crippen LogP) is 2.62. The van der Waals surface area contributed by atoms with Crippen LogP contribution in [0, 0.1) is 0 Å². The Kier molecular flexibility index (Phi) is 32.7. The zero-order chi connectivity index (χ0) is 43.4. The number of ether oxygens (including phenoxy) is 2. The number of hydrogen-bond acceptors (Lipinski definition) is 11. The van der Waals surface area contributed by atoms with Crippen LogP contribution in [0.5, 0.6) is 0 Å². The summed E-state index contributed by atoms with van der Waals surface area (Å²) < 4.78 is 10.5. The molecule has 0 aromatic heterocycles. The number of aliphatic carboxylic acids is 4. The van der Waals surface area contributed by atoms with Gasteiger partial charge >= 0.3 is 23.9 Å². The zero-order valence-electron chi connectivity index (χ0n) is 33.6. The Balaban J connectivity index is 3.96. The molecule has 0 saturated carbocycles. The number of carbonyl (C=O) groups is 8. The minimum atomic E-state index is -1.42. The van der Waals surface area contributed by atoms with Crippen LogP contribution in [0.3, 0.4) is 0 Å². The molecule has 19 heteroatoms. The van der Waals surface area contributed by atoms with Gasteiger partial charge in [0.1, 0.15) is 18.7 Å². The van der Waals surface area contributed by atoms with E-state index in [-0.39, 0.29) is 83.6 Å². The molecule has 0 aliphatic carbocycles. The van der Waals surface area contributed by atoms with E-state index in [2.05, 4.69) is 21.3 Å². The van der Waals surface area contributed by atoms with Crippen LogP contribution >= 0.6 is 0 Å². The Labute approximate surface area is 340 Å². The Hall–Kier alpha value is -4.65. The quantitative estimate of drug-likeness (QED) is 0.0412. The fourth-order valence-electron chi connectivity index (χ4n) is 5.68. The van der Waals surface area contributed by atoms with Gasteiger partial charge in [0.25, 0.3) is 0 Å². The van der Waals surface area contributed by atoms with Crippen LogP contribution in [-0.4, -0.2) is 125 Å². The average Bonchev–Trinajstić information content (AvgIpc) is 3.16. The molecule has 0 aliphatic rings. The number of carbonyl (C=O) groups excluding carboxylic acids is 5. The summed E-state index contributed by atoms with van der Waals surface area (Å²) >= 11 is 0. The summed E-state index contributed by atoms with van der Waals surface area (Å²) in [6, 6.07) is -3.78. The molecule has 0 saturated heterocycles. The number of carboxylic acid groups (broad SMARTS) is 4. The molecule has 0 bridgehead atoms. The molecule has 0 heterocycles. The number of amides is 4. The number of unbranched alkanes of at least 4 members (excludes halogenated alkanes) is 13. The van der Waals surface area contributed by atoms with Crippen LogP contribution < -0.4 is 21.3 Å². The molecule has 0 fully saturated rings. The maximum atomic E-state index is 12.3. The molecule has 8 N–H and O–H groups in total. The maximum Gasteiger partial charge on any atom is 0.326 e. The summed E-state index contributed by atoms with van der Waals surface area (Å²) in [6.07, 6.45) is 15.3. The highest BCUT2D eigenvalue weighted by Crippen LogP contribution is 2.14. The fourth-order valence-corrected chi connectivity index (χ4v) is 5.68. The van der Waals surface area contributed by atoms with E-state index in [9.17, 15) is 53.4 Å². The highest BCUT2D eigenvalue weighted by atomic mass is 16.5. The average molecular weight is 830 g/mol. The van der Waals surface area contributed by atoms with Crippen molar-refractivity contribution in [1.82, 2.24) is 21.3 Å². The molecule has 0 aromatic carbocycles. The second-order valence-electron chi connectivity index (χ2n) is 14.0. The van der Waals surface area contributed by atoms with Crippen LogP contribution in [0.4, 0.5) is 0 Å². The van der Waals surface area contributed by atoms with E-state index < -0.39 is 66.3 Å². The van der Waals surface area contributed by atoms with Crippen molar-refractivity contribution in [1.29, 1.82) is 0 Å². The molecule has 0 unspecified atom stereocenters. The van der Waals surface area contributed by atoms with Crippen molar-refractivity contribution in [2.75, 3.05) is 33.0 Å². The third kappa shape index (κ3) is 33.5. The summed E-state index contributed by atoms with van der Waals surface area (Å²) in [5.74, 6) is -6.79. The Morgan fingerprint density at radius 2 is 0.879 bits per heavy atom. The first kappa shape index (κ1) is 53.4. The summed E-state index contributed by atoms with van der Waals surface area (Å²) in [5, 5.41) is 45.7. The highest BCUT2D eigenvalue weighted by Gasteiger charge is 2.23. The van der Waals surface area contributed by atoms with E-state index in [1.54, 1.807) is 0 Å². The summed E-state index contributed by atoms with van der Waals surface area (Å²) in [6.45, 7) is -0.302. The molecule has 1 radical (unpaired) electrons. The van der Waals surface area contributed by atoms with Crippen LogP contribution in [0.1, 0.15) is 141 Å². The summed E-state index contributed by atoms with van der Waals surface area (Å²) in [5.41, 5.74) is 0. The third-order valence-corrected chi connectivity index (χ3v) is 8.93. The normalized spacial score (nSPS) is 12.4. The molecule has 4 amide bonds. The molecular weight excluding hydrogens is 764 g/mol. The number of rotatable bonds is 40. The first-order valence-electron chi connectivity index (χ1n) is 20.3. The van der Waals surface area contributed by atoms with Crippen molar-refractivity contribution in [3.8, 4) is 0 Å². The molecule has 58 heavy (non-hydrogen) atoms. The molecule has 19 nitrogen and oxygen atoms in total. The summed E-state index contributed by atoms with van der Waals surface area (Å²) in [4.78, 5) is 104. The lowest BCUT2D eigenvalue weighted by atomic mass is 10.0. The summed E-state index contributed by atoms with van der Waals surface area (Å²) in [7, 11) is 0. The van der Waals surface area contributed by atoms with Crippen molar-refractivity contribution in [2.24, 2.45) is 0 Å². The number of carboxylic acids is 4. The Morgan fingerprint density at radius 3 is 1.36 bits per heavy atom. The lowest BCUT2D eigenvalue weighted by molar-refractivity contribution is -0.143. The zero-order valence-corrected chi connectivity index (χ0v) is 33.6. The van der Waals surface area contributed by atoms with Gasteiger partial charge in [-0.15, -0.1) is 0 Å². The van der Waals surface area contributed by atoms with E-state index in [0.29, 0.717) is 6.42 Å². The van der Waals surface area contributed by atoms with Gasteiger partial charge in [-0.3, -0.25) is 33.6 Å². The van der Waals surface area contributed by atoms with E-state index in [1.807, 2.05) is 0 Å². The van der Waals surface area contributed by atoms with E-state index in [0.717, 1.165) is 51.4 Å². The molecule has 0 aromatic rings. The lowest BCUT2D eigenvalue weighted by Crippen LogP contribution is -2.44. The Morgan fingerprint density at radius 1 is 0.448 bits per heavy atom.